The van der Waals surface area contributed by atoms with Crippen molar-refractivity contribution in [2.75, 3.05) is 39.6 Å². The molecule has 2 aromatic carbocycles. The zero-order valence-corrected chi connectivity index (χ0v) is 31.1. The highest BCUT2D eigenvalue weighted by atomic mass is 32.1. The van der Waals surface area contributed by atoms with Crippen molar-refractivity contribution in [1.82, 2.24) is 20.5 Å². The van der Waals surface area contributed by atoms with Gasteiger partial charge in [0, 0.05) is 32.9 Å². The number of nitrogens with one attached hydrogen (secondary N) is 2. The summed E-state index contributed by atoms with van der Waals surface area (Å²) >= 11 is 1.60. The van der Waals surface area contributed by atoms with Crippen LogP contribution in [0.2, 0.25) is 0 Å². The van der Waals surface area contributed by atoms with E-state index in [2.05, 4.69) is 28.6 Å². The van der Waals surface area contributed by atoms with E-state index >= 15 is 0 Å². The van der Waals surface area contributed by atoms with E-state index in [1.807, 2.05) is 75.7 Å². The predicted octanol–water partition coefficient (Wildman–Crippen LogP) is 6.24. The summed E-state index contributed by atoms with van der Waals surface area (Å²) in [7, 11) is 0. The van der Waals surface area contributed by atoms with Gasteiger partial charge in [-0.1, -0.05) is 57.2 Å². The number of aromatic nitrogens is 1. The summed E-state index contributed by atoms with van der Waals surface area (Å²) in [5, 5.41) is 5.90. The molecule has 50 heavy (non-hydrogen) atoms. The molecule has 1 fully saturated rings. The van der Waals surface area contributed by atoms with Gasteiger partial charge in [0.1, 0.15) is 24.4 Å². The Morgan fingerprint density at radius 2 is 1.70 bits per heavy atom. The number of ether oxygens (including phenoxy) is 3. The molecule has 0 spiro atoms. The van der Waals surface area contributed by atoms with Crippen molar-refractivity contribution in [2.45, 2.75) is 91.8 Å². The zero-order chi connectivity index (χ0) is 35.9. The third-order valence-electron chi connectivity index (χ3n) is 8.69. The molecule has 0 radical (unpaired) electrons. The molecular weight excluding hydrogens is 653 g/mol. The first-order chi connectivity index (χ1) is 24.0. The highest BCUT2D eigenvalue weighted by Gasteiger charge is 2.41. The largest absolute Gasteiger partial charge is 0.494 e. The minimum absolute atomic E-state index is 0.147. The number of amides is 3. The summed E-state index contributed by atoms with van der Waals surface area (Å²) in [6.07, 6.45) is 4.95. The summed E-state index contributed by atoms with van der Waals surface area (Å²) in [6.45, 7) is 12.8. The lowest BCUT2D eigenvalue weighted by Crippen LogP contribution is -2.58. The van der Waals surface area contributed by atoms with Crippen molar-refractivity contribution in [1.29, 1.82) is 0 Å². The second-order valence-electron chi connectivity index (χ2n) is 14.0. The van der Waals surface area contributed by atoms with Crippen LogP contribution in [0.3, 0.4) is 0 Å². The van der Waals surface area contributed by atoms with Gasteiger partial charge in [0.25, 0.3) is 0 Å². The molecule has 3 amide bonds. The van der Waals surface area contributed by atoms with Gasteiger partial charge in [-0.3, -0.25) is 14.4 Å². The molecule has 272 valence electrons. The maximum Gasteiger partial charge on any atom is 0.246 e. The molecule has 2 heterocycles. The Hall–Kier alpha value is -3.80. The lowest BCUT2D eigenvalue weighted by molar-refractivity contribution is -0.144. The summed E-state index contributed by atoms with van der Waals surface area (Å²) in [6, 6.07) is 14.8. The van der Waals surface area contributed by atoms with Crippen LogP contribution in [0.4, 0.5) is 0 Å². The molecular formula is C39H54N4O6S. The maximum atomic E-state index is 13.8. The van der Waals surface area contributed by atoms with Crippen molar-refractivity contribution in [3.05, 3.63) is 70.9 Å². The van der Waals surface area contributed by atoms with E-state index in [9.17, 15) is 14.4 Å². The molecule has 0 saturated carbocycles. The van der Waals surface area contributed by atoms with E-state index in [-0.39, 0.29) is 24.3 Å². The number of benzene rings is 2. The Morgan fingerprint density at radius 3 is 2.42 bits per heavy atom. The van der Waals surface area contributed by atoms with Crippen LogP contribution >= 0.6 is 11.3 Å². The first kappa shape index (κ1) is 39.0. The van der Waals surface area contributed by atoms with Gasteiger partial charge < -0.3 is 29.7 Å². The number of aryl methyl sites for hydroxylation is 2. The van der Waals surface area contributed by atoms with Crippen LogP contribution in [0.5, 0.6) is 5.75 Å². The van der Waals surface area contributed by atoms with Crippen LogP contribution in [-0.4, -0.2) is 79.3 Å². The van der Waals surface area contributed by atoms with Crippen molar-refractivity contribution in [3.8, 4) is 16.2 Å². The Bertz CT molecular complexity index is 1520. The number of carbonyl (C=O) groups is 3. The Balaban J connectivity index is 1.12. The molecule has 2 atom stereocenters. The van der Waals surface area contributed by atoms with Crippen LogP contribution in [0, 0.1) is 19.3 Å². The number of carbonyl (C=O) groups excluding carboxylic acids is 3. The number of hydrogen-bond donors (Lipinski definition) is 2. The van der Waals surface area contributed by atoms with E-state index in [4.69, 9.17) is 14.2 Å². The van der Waals surface area contributed by atoms with Gasteiger partial charge >= 0.3 is 0 Å². The Morgan fingerprint density at radius 1 is 0.960 bits per heavy atom. The van der Waals surface area contributed by atoms with Crippen molar-refractivity contribution < 1.29 is 28.6 Å². The summed E-state index contributed by atoms with van der Waals surface area (Å²) in [5.41, 5.74) is 5.54. The van der Waals surface area contributed by atoms with Crippen molar-refractivity contribution in [2.24, 2.45) is 5.41 Å². The predicted molar refractivity (Wildman–Crippen MR) is 197 cm³/mol. The second kappa shape index (κ2) is 19.6. The van der Waals surface area contributed by atoms with Gasteiger partial charge in [0.2, 0.25) is 17.7 Å². The number of likely N-dealkylation sites (tertiary alicyclic amines) is 1. The maximum absolute atomic E-state index is 13.8. The normalized spacial score (nSPS) is 15.1. The Kier molecular flexibility index (Phi) is 15.2. The lowest BCUT2D eigenvalue weighted by atomic mass is 9.85. The van der Waals surface area contributed by atoms with E-state index in [1.54, 1.807) is 16.2 Å². The fraction of sp³-hybridized carbons (Fsp3) is 0.538. The SMILES string of the molecule is Cc1cccc(OCCCCCOCCCOCC(=O)NC(C(=O)N2CCCC2C(=O)NCc2ccc(-c3scnc3C)cc2)C(C)(C)C)c1. The highest BCUT2D eigenvalue weighted by molar-refractivity contribution is 7.13. The van der Waals surface area contributed by atoms with Gasteiger partial charge in [-0.15, -0.1) is 11.3 Å². The number of rotatable bonds is 19. The number of unbranched alkanes of at least 4 members (excludes halogenated alkanes) is 2. The zero-order valence-electron chi connectivity index (χ0n) is 30.3. The molecule has 10 nitrogen and oxygen atoms in total. The van der Waals surface area contributed by atoms with Crippen LogP contribution in [0.25, 0.3) is 10.4 Å². The molecule has 2 N–H and O–H groups in total. The van der Waals surface area contributed by atoms with E-state index in [1.165, 1.54) is 5.56 Å². The van der Waals surface area contributed by atoms with Gasteiger partial charge in [-0.25, -0.2) is 4.98 Å². The third kappa shape index (κ3) is 12.2. The first-order valence-electron chi connectivity index (χ1n) is 17.7. The number of hydrogen-bond acceptors (Lipinski definition) is 8. The smallest absolute Gasteiger partial charge is 0.246 e. The van der Waals surface area contributed by atoms with Gasteiger partial charge in [0.15, 0.2) is 0 Å². The van der Waals surface area contributed by atoms with Crippen molar-refractivity contribution >= 4 is 29.1 Å². The number of thiazole rings is 1. The van der Waals surface area contributed by atoms with Gasteiger partial charge in [0.05, 0.1) is 22.7 Å². The minimum Gasteiger partial charge on any atom is -0.494 e. The lowest BCUT2D eigenvalue weighted by Gasteiger charge is -2.35. The van der Waals surface area contributed by atoms with Crippen LogP contribution in [-0.2, 0) is 30.4 Å². The summed E-state index contributed by atoms with van der Waals surface area (Å²) < 4.78 is 17.1. The second-order valence-corrected chi connectivity index (χ2v) is 14.8. The first-order valence-corrected chi connectivity index (χ1v) is 18.6. The average molecular weight is 707 g/mol. The highest BCUT2D eigenvalue weighted by Crippen LogP contribution is 2.28. The van der Waals surface area contributed by atoms with Crippen molar-refractivity contribution in [3.63, 3.8) is 0 Å². The molecule has 0 aliphatic carbocycles. The standard InChI is InChI=1S/C39H54N4O6S/c1-28-12-9-13-32(24-28)49-23-8-6-7-20-47-21-11-22-48-26-34(44)42-36(39(3,4)5)38(46)43-19-10-14-33(43)37(45)40-25-30-15-17-31(18-16-30)35-29(2)41-27-50-35/h9,12-13,15-18,24,27,33,36H,6-8,10-11,14,19-23,25-26H2,1-5H3,(H,40,45)(H,42,44). The quantitative estimate of drug-likeness (QED) is 0.142. The van der Waals surface area contributed by atoms with E-state index < -0.39 is 17.5 Å². The molecule has 0 bridgehead atoms. The van der Waals surface area contributed by atoms with Crippen LogP contribution < -0.4 is 15.4 Å². The monoisotopic (exact) mass is 706 g/mol. The molecule has 4 rings (SSSR count). The molecule has 1 aromatic heterocycles. The van der Waals surface area contributed by atoms with Gasteiger partial charge in [-0.05, 0) is 86.6 Å². The molecule has 1 saturated heterocycles. The van der Waals surface area contributed by atoms with E-state index in [0.717, 1.165) is 53.1 Å². The topological polar surface area (TPSA) is 119 Å². The van der Waals surface area contributed by atoms with E-state index in [0.29, 0.717) is 52.4 Å². The van der Waals surface area contributed by atoms with Crippen LogP contribution in [0.15, 0.2) is 54.0 Å². The molecule has 2 unspecified atom stereocenters. The fourth-order valence-electron chi connectivity index (χ4n) is 5.89. The fourth-order valence-corrected chi connectivity index (χ4v) is 6.70. The molecule has 1 aliphatic heterocycles. The van der Waals surface area contributed by atoms with Crippen LogP contribution in [0.1, 0.15) is 76.1 Å². The number of nitrogens with zero attached hydrogens (tertiary/aromatic N) is 2. The van der Waals surface area contributed by atoms with Gasteiger partial charge in [-0.2, -0.15) is 0 Å². The molecule has 11 heteroatoms. The molecule has 3 aromatic rings. The summed E-state index contributed by atoms with van der Waals surface area (Å²) in [4.78, 5) is 47.0. The Labute approximate surface area is 301 Å². The molecule has 1 aliphatic rings. The minimum atomic E-state index is -0.791. The summed E-state index contributed by atoms with van der Waals surface area (Å²) in [5.74, 6) is 0.120. The third-order valence-corrected chi connectivity index (χ3v) is 9.66. The average Bonchev–Trinajstić information content (AvgIpc) is 3.76.